The van der Waals surface area contributed by atoms with Gasteiger partial charge >= 0.3 is 5.91 Å². The minimum Gasteiger partial charge on any atom is -0.263 e. The molecule has 0 saturated heterocycles. The third-order valence-electron chi connectivity index (χ3n) is 1.28. The summed E-state index contributed by atoms with van der Waals surface area (Å²) in [6.07, 6.45) is 0. The second-order valence-electron chi connectivity index (χ2n) is 2.21. The number of amides is 1. The fourth-order valence-electron chi connectivity index (χ4n) is 0.777. The summed E-state index contributed by atoms with van der Waals surface area (Å²) in [6.45, 7) is 0. The number of rotatable bonds is 2. The van der Waals surface area contributed by atoms with Crippen molar-refractivity contribution in [3.8, 4) is 0 Å². The molecule has 1 N–H and O–H groups in total. The molecule has 0 heterocycles. The maximum Gasteiger partial charge on any atom is 0.310 e. The first kappa shape index (κ1) is 9.11. The lowest BCUT2D eigenvalue weighted by atomic mass is 10.2. The largest absolute Gasteiger partial charge is 0.310 e. The number of nitrogens with one attached hydrogen (secondary N) is 1. The number of carbonyl (C=O) groups is 1. The molecule has 0 bridgehead atoms. The Morgan fingerprint density at radius 1 is 1.54 bits per heavy atom. The highest BCUT2D eigenvalue weighted by molar-refractivity contribution is 5.93. The van der Waals surface area contributed by atoms with Crippen LogP contribution in [0.25, 0.3) is 0 Å². The number of hydrogen-bond donors (Lipinski definition) is 1. The number of halogens is 1. The molecule has 1 amide bonds. The van der Waals surface area contributed by atoms with Crippen LogP contribution in [0.4, 0.5) is 4.39 Å². The van der Waals surface area contributed by atoms with Gasteiger partial charge in [-0.2, -0.15) is 0 Å². The van der Waals surface area contributed by atoms with E-state index in [1.807, 2.05) is 0 Å². The molecule has 6 heteroatoms. The van der Waals surface area contributed by atoms with Gasteiger partial charge < -0.3 is 0 Å². The Morgan fingerprint density at radius 2 is 2.23 bits per heavy atom. The summed E-state index contributed by atoms with van der Waals surface area (Å²) in [6, 6.07) is 4.63. The average molecular weight is 184 g/mol. The van der Waals surface area contributed by atoms with Crippen molar-refractivity contribution in [1.29, 1.82) is 0 Å². The van der Waals surface area contributed by atoms with Crippen LogP contribution in [0.15, 0.2) is 24.3 Å². The molecule has 68 valence electrons. The van der Waals surface area contributed by atoms with Crippen molar-refractivity contribution in [2.24, 2.45) is 0 Å². The molecule has 0 spiro atoms. The third kappa shape index (κ3) is 2.51. The maximum atomic E-state index is 12.5. The molecule has 1 aromatic rings. The van der Waals surface area contributed by atoms with Gasteiger partial charge in [-0.25, -0.2) is 14.5 Å². The summed E-state index contributed by atoms with van der Waals surface area (Å²) in [5.41, 5.74) is 1.32. The highest BCUT2D eigenvalue weighted by Gasteiger charge is 2.10. The number of benzene rings is 1. The van der Waals surface area contributed by atoms with Crippen molar-refractivity contribution in [3.05, 3.63) is 45.8 Å². The first-order chi connectivity index (χ1) is 6.09. The second kappa shape index (κ2) is 3.61. The Labute approximate surface area is 72.3 Å². The summed E-state index contributed by atoms with van der Waals surface area (Å²) < 4.78 is 12.5. The number of hydrogen-bond acceptors (Lipinski definition) is 3. The van der Waals surface area contributed by atoms with E-state index in [9.17, 15) is 19.3 Å². The SMILES string of the molecule is O=C(N[N+](=O)[O-])c1cccc(F)c1. The van der Waals surface area contributed by atoms with Gasteiger partial charge in [-0.1, -0.05) is 11.5 Å². The normalized spacial score (nSPS) is 9.31. The van der Waals surface area contributed by atoms with E-state index >= 15 is 0 Å². The highest BCUT2D eigenvalue weighted by Crippen LogP contribution is 2.02. The average Bonchev–Trinajstić information content (AvgIpc) is 2.03. The molecule has 0 radical (unpaired) electrons. The smallest absolute Gasteiger partial charge is 0.263 e. The Hall–Kier alpha value is -1.98. The topological polar surface area (TPSA) is 72.2 Å². The summed E-state index contributed by atoms with van der Waals surface area (Å²) in [4.78, 5) is 20.7. The van der Waals surface area contributed by atoms with Gasteiger partial charge in [0.2, 0.25) is 0 Å². The fourth-order valence-corrected chi connectivity index (χ4v) is 0.777. The van der Waals surface area contributed by atoms with Crippen molar-refractivity contribution in [3.63, 3.8) is 0 Å². The van der Waals surface area contributed by atoms with E-state index in [1.54, 1.807) is 0 Å². The van der Waals surface area contributed by atoms with Gasteiger partial charge in [-0.3, -0.25) is 4.79 Å². The van der Waals surface area contributed by atoms with Crippen LogP contribution in [-0.4, -0.2) is 10.9 Å². The summed E-state index contributed by atoms with van der Waals surface area (Å²) in [5, 5.41) is 8.86. The molecular weight excluding hydrogens is 179 g/mol. The molecule has 0 aromatic heterocycles. The molecule has 0 atom stereocenters. The van der Waals surface area contributed by atoms with Gasteiger partial charge in [0.25, 0.3) is 0 Å². The predicted molar refractivity (Wildman–Crippen MR) is 40.9 cm³/mol. The summed E-state index contributed by atoms with van der Waals surface area (Å²) in [5.74, 6) is -1.56. The van der Waals surface area contributed by atoms with Crippen LogP contribution in [0.2, 0.25) is 0 Å². The first-order valence-corrected chi connectivity index (χ1v) is 3.30. The van der Waals surface area contributed by atoms with Gasteiger partial charge in [0, 0.05) is 5.56 Å². The highest BCUT2D eigenvalue weighted by atomic mass is 19.1. The monoisotopic (exact) mass is 184 g/mol. The lowest BCUT2D eigenvalue weighted by Crippen LogP contribution is -2.29. The Kier molecular flexibility index (Phi) is 2.53. The Bertz CT molecular complexity index is 353. The van der Waals surface area contributed by atoms with Gasteiger partial charge in [0.05, 0.1) is 0 Å². The number of carbonyl (C=O) groups excluding carboxylic acids is 1. The molecule has 1 rings (SSSR count). The standard InChI is InChI=1S/C7H5FN2O3/c8-6-3-1-2-5(4-6)7(11)9-10(12)13/h1-4H,(H,9,11). The van der Waals surface area contributed by atoms with Crippen LogP contribution in [-0.2, 0) is 0 Å². The first-order valence-electron chi connectivity index (χ1n) is 3.30. The minimum atomic E-state index is -0.993. The molecule has 0 saturated carbocycles. The zero-order valence-corrected chi connectivity index (χ0v) is 6.36. The van der Waals surface area contributed by atoms with E-state index in [0.29, 0.717) is 0 Å². The molecule has 0 aliphatic rings. The van der Waals surface area contributed by atoms with Crippen molar-refractivity contribution < 1.29 is 14.2 Å². The van der Waals surface area contributed by atoms with E-state index in [0.717, 1.165) is 12.1 Å². The van der Waals surface area contributed by atoms with Crippen LogP contribution in [0.1, 0.15) is 10.4 Å². The Balaban J connectivity index is 2.83. The third-order valence-corrected chi connectivity index (χ3v) is 1.28. The minimum absolute atomic E-state index is 0.0864. The molecule has 1 aromatic carbocycles. The van der Waals surface area contributed by atoms with Gasteiger partial charge in [-0.15, -0.1) is 0 Å². The van der Waals surface area contributed by atoms with Crippen LogP contribution in [0.5, 0.6) is 0 Å². The predicted octanol–water partition coefficient (Wildman–Crippen LogP) is 0.747. The molecule has 0 aliphatic heterocycles. The zero-order chi connectivity index (χ0) is 9.84. The fraction of sp³-hybridized carbons (Fsp3) is 0. The van der Waals surface area contributed by atoms with Crippen molar-refractivity contribution in [1.82, 2.24) is 5.43 Å². The lowest BCUT2D eigenvalue weighted by molar-refractivity contribution is -0.527. The molecule has 0 aliphatic carbocycles. The van der Waals surface area contributed by atoms with E-state index in [-0.39, 0.29) is 5.56 Å². The summed E-state index contributed by atoms with van der Waals surface area (Å²) in [7, 11) is 0. The lowest BCUT2D eigenvalue weighted by Gasteiger charge is -1.96. The van der Waals surface area contributed by atoms with Crippen LogP contribution in [0, 0.1) is 15.9 Å². The number of nitro groups is 1. The zero-order valence-electron chi connectivity index (χ0n) is 6.36. The molecular formula is C7H5FN2O3. The van der Waals surface area contributed by atoms with Crippen molar-refractivity contribution in [2.75, 3.05) is 0 Å². The molecule has 13 heavy (non-hydrogen) atoms. The van der Waals surface area contributed by atoms with Gasteiger partial charge in [0.15, 0.2) is 5.03 Å². The number of hydrazine groups is 1. The van der Waals surface area contributed by atoms with E-state index in [2.05, 4.69) is 0 Å². The van der Waals surface area contributed by atoms with Crippen molar-refractivity contribution in [2.45, 2.75) is 0 Å². The second-order valence-corrected chi connectivity index (χ2v) is 2.21. The number of nitrogens with zero attached hydrogens (tertiary/aromatic N) is 1. The van der Waals surface area contributed by atoms with Gasteiger partial charge in [0.1, 0.15) is 5.82 Å². The molecule has 0 unspecified atom stereocenters. The van der Waals surface area contributed by atoms with E-state index in [1.165, 1.54) is 17.6 Å². The van der Waals surface area contributed by atoms with E-state index < -0.39 is 16.8 Å². The Morgan fingerprint density at radius 3 is 2.77 bits per heavy atom. The summed E-state index contributed by atoms with van der Waals surface area (Å²) >= 11 is 0. The maximum absolute atomic E-state index is 12.5. The van der Waals surface area contributed by atoms with Crippen LogP contribution < -0.4 is 5.43 Å². The molecule has 5 nitrogen and oxygen atoms in total. The molecule has 0 fully saturated rings. The van der Waals surface area contributed by atoms with Crippen LogP contribution in [0.3, 0.4) is 0 Å². The van der Waals surface area contributed by atoms with Crippen LogP contribution >= 0.6 is 0 Å². The quantitative estimate of drug-likeness (QED) is 0.544. The van der Waals surface area contributed by atoms with Gasteiger partial charge in [-0.05, 0) is 18.2 Å². The van der Waals surface area contributed by atoms with Crippen molar-refractivity contribution >= 4 is 5.91 Å². The van der Waals surface area contributed by atoms with E-state index in [4.69, 9.17) is 0 Å².